The molecule has 0 aliphatic carbocycles. The third-order valence-electron chi connectivity index (χ3n) is 4.59. The minimum absolute atomic E-state index is 0.0836. The first-order valence-corrected chi connectivity index (χ1v) is 8.79. The highest BCUT2D eigenvalue weighted by molar-refractivity contribution is 5.75. The number of carbonyl (C=O) groups is 1. The van der Waals surface area contributed by atoms with E-state index >= 15 is 0 Å². The molecule has 0 spiro atoms. The molecule has 0 radical (unpaired) electrons. The van der Waals surface area contributed by atoms with Gasteiger partial charge in [0.25, 0.3) is 5.89 Å². The molecule has 0 saturated heterocycles. The normalized spacial score (nSPS) is 14.1. The largest absolute Gasteiger partial charge is 0.415 e. The first kappa shape index (κ1) is 17.1. The average molecular weight is 361 g/mol. The molecule has 3 heterocycles. The van der Waals surface area contributed by atoms with Gasteiger partial charge in [0.15, 0.2) is 0 Å². The number of nitrogens with zero attached hydrogens (tertiary/aromatic N) is 5. The third-order valence-corrected chi connectivity index (χ3v) is 4.59. The molecule has 0 fully saturated rings. The smallest absolute Gasteiger partial charge is 0.268 e. The maximum absolute atomic E-state index is 11.5. The summed E-state index contributed by atoms with van der Waals surface area (Å²) in [5.41, 5.74) is 4.01. The van der Waals surface area contributed by atoms with Gasteiger partial charge >= 0.3 is 0 Å². The van der Waals surface area contributed by atoms with Crippen LogP contribution >= 0.6 is 0 Å². The van der Waals surface area contributed by atoms with E-state index in [-0.39, 0.29) is 5.91 Å². The summed E-state index contributed by atoms with van der Waals surface area (Å²) < 4.78 is 5.83. The van der Waals surface area contributed by atoms with Crippen molar-refractivity contribution in [2.45, 2.75) is 20.3 Å². The zero-order valence-corrected chi connectivity index (χ0v) is 15.2. The number of hydrogen-bond acceptors (Lipinski definition) is 6. The number of carbonyl (C=O) groups excluding carboxylic acids is 1. The monoisotopic (exact) mass is 361 g/mol. The van der Waals surface area contributed by atoms with E-state index in [0.29, 0.717) is 30.6 Å². The van der Waals surface area contributed by atoms with Crippen molar-refractivity contribution in [2.24, 2.45) is 0 Å². The fourth-order valence-electron chi connectivity index (χ4n) is 3.01. The van der Waals surface area contributed by atoms with E-state index in [1.807, 2.05) is 43.3 Å². The topological polar surface area (TPSA) is 85.0 Å². The van der Waals surface area contributed by atoms with Crippen LogP contribution in [0.2, 0.25) is 0 Å². The van der Waals surface area contributed by atoms with Crippen LogP contribution in [0, 0.1) is 6.92 Å². The number of rotatable bonds is 3. The van der Waals surface area contributed by atoms with Crippen LogP contribution in [-0.2, 0) is 4.79 Å². The highest BCUT2D eigenvalue weighted by Gasteiger charge is 2.19. The minimum Gasteiger partial charge on any atom is -0.415 e. The van der Waals surface area contributed by atoms with Gasteiger partial charge in [0.05, 0.1) is 17.6 Å². The lowest BCUT2D eigenvalue weighted by Gasteiger charge is -2.25. The molecule has 1 amide bonds. The fraction of sp³-hybridized carbons (Fsp3) is 0.250. The lowest BCUT2D eigenvalue weighted by Crippen LogP contribution is -2.32. The van der Waals surface area contributed by atoms with Crippen LogP contribution < -0.4 is 0 Å². The van der Waals surface area contributed by atoms with Crippen molar-refractivity contribution < 1.29 is 9.21 Å². The molecule has 27 heavy (non-hydrogen) atoms. The first-order chi connectivity index (χ1) is 13.1. The van der Waals surface area contributed by atoms with Gasteiger partial charge in [-0.15, -0.1) is 10.2 Å². The van der Waals surface area contributed by atoms with Gasteiger partial charge in [0.1, 0.15) is 5.69 Å². The summed E-state index contributed by atoms with van der Waals surface area (Å²) in [6, 6.07) is 9.61. The van der Waals surface area contributed by atoms with E-state index in [2.05, 4.69) is 15.2 Å². The standard InChI is InChI=1S/C20H19N5O2/c1-13-18(20-24-23-19(27-20)16-6-4-3-5-7-16)22-17(12-21-13)15-8-10-25(11-9-15)14(2)26/h3-8,12H,9-11H2,1-2H3. The Labute approximate surface area is 156 Å². The summed E-state index contributed by atoms with van der Waals surface area (Å²) in [6.07, 6.45) is 4.52. The van der Waals surface area contributed by atoms with Crippen LogP contribution in [0.5, 0.6) is 0 Å². The Kier molecular flexibility index (Phi) is 4.50. The van der Waals surface area contributed by atoms with E-state index in [1.54, 1.807) is 18.0 Å². The fourth-order valence-corrected chi connectivity index (χ4v) is 3.01. The summed E-state index contributed by atoms with van der Waals surface area (Å²) in [7, 11) is 0. The van der Waals surface area contributed by atoms with Gasteiger partial charge in [-0.05, 0) is 31.1 Å². The lowest BCUT2D eigenvalue weighted by atomic mass is 10.0. The summed E-state index contributed by atoms with van der Waals surface area (Å²) in [5.74, 6) is 0.883. The molecule has 4 rings (SSSR count). The molecule has 0 saturated carbocycles. The Morgan fingerprint density at radius 3 is 2.63 bits per heavy atom. The van der Waals surface area contributed by atoms with Crippen molar-refractivity contribution in [3.63, 3.8) is 0 Å². The second kappa shape index (κ2) is 7.11. The van der Waals surface area contributed by atoms with Gasteiger partial charge in [-0.3, -0.25) is 9.78 Å². The molecule has 7 heteroatoms. The van der Waals surface area contributed by atoms with Crippen LogP contribution in [0.4, 0.5) is 0 Å². The number of aryl methyl sites for hydroxylation is 1. The van der Waals surface area contributed by atoms with Crippen molar-refractivity contribution in [3.8, 4) is 23.0 Å². The van der Waals surface area contributed by atoms with E-state index in [1.165, 1.54) is 0 Å². The van der Waals surface area contributed by atoms with Crippen LogP contribution in [0.25, 0.3) is 28.6 Å². The Morgan fingerprint density at radius 1 is 1.15 bits per heavy atom. The number of hydrogen-bond donors (Lipinski definition) is 0. The van der Waals surface area contributed by atoms with Crippen molar-refractivity contribution in [3.05, 3.63) is 54.0 Å². The second-order valence-electron chi connectivity index (χ2n) is 6.41. The maximum Gasteiger partial charge on any atom is 0.268 e. The molecule has 0 N–H and O–H groups in total. The molecule has 0 bridgehead atoms. The molecule has 7 nitrogen and oxygen atoms in total. The quantitative estimate of drug-likeness (QED) is 0.712. The Hall–Kier alpha value is -3.35. The molecule has 1 aliphatic heterocycles. The number of amides is 1. The summed E-state index contributed by atoms with van der Waals surface area (Å²) in [6.45, 7) is 4.73. The van der Waals surface area contributed by atoms with Crippen molar-refractivity contribution in [1.29, 1.82) is 0 Å². The predicted molar refractivity (Wildman–Crippen MR) is 100 cm³/mol. The van der Waals surface area contributed by atoms with Crippen molar-refractivity contribution in [1.82, 2.24) is 25.1 Å². The lowest BCUT2D eigenvalue weighted by molar-refractivity contribution is -0.128. The minimum atomic E-state index is 0.0836. The molecule has 1 aromatic carbocycles. The third kappa shape index (κ3) is 3.48. The van der Waals surface area contributed by atoms with Gasteiger partial charge in [-0.1, -0.05) is 24.3 Å². The molecular formula is C20H19N5O2. The number of benzene rings is 1. The first-order valence-electron chi connectivity index (χ1n) is 8.79. The summed E-state index contributed by atoms with van der Waals surface area (Å²) in [5, 5.41) is 8.29. The Morgan fingerprint density at radius 2 is 1.93 bits per heavy atom. The molecule has 2 aromatic heterocycles. The van der Waals surface area contributed by atoms with Crippen LogP contribution in [0.3, 0.4) is 0 Å². The molecule has 3 aromatic rings. The van der Waals surface area contributed by atoms with Gasteiger partial charge in [-0.25, -0.2) is 4.98 Å². The van der Waals surface area contributed by atoms with Crippen LogP contribution in [0.1, 0.15) is 24.7 Å². The number of aromatic nitrogens is 4. The van der Waals surface area contributed by atoms with E-state index in [0.717, 1.165) is 28.9 Å². The predicted octanol–water partition coefficient (Wildman–Crippen LogP) is 3.14. The molecule has 136 valence electrons. The summed E-state index contributed by atoms with van der Waals surface area (Å²) >= 11 is 0. The van der Waals surface area contributed by atoms with E-state index < -0.39 is 0 Å². The SMILES string of the molecule is CC(=O)N1CC=C(c2cnc(C)c(-c3nnc(-c4ccccc4)o3)n2)CC1. The van der Waals surface area contributed by atoms with Gasteiger partial charge in [-0.2, -0.15) is 0 Å². The van der Waals surface area contributed by atoms with Gasteiger partial charge in [0.2, 0.25) is 11.8 Å². The van der Waals surface area contributed by atoms with Crippen molar-refractivity contribution in [2.75, 3.05) is 13.1 Å². The van der Waals surface area contributed by atoms with E-state index in [9.17, 15) is 4.79 Å². The van der Waals surface area contributed by atoms with Crippen LogP contribution in [-0.4, -0.2) is 44.1 Å². The van der Waals surface area contributed by atoms with Gasteiger partial charge < -0.3 is 9.32 Å². The van der Waals surface area contributed by atoms with E-state index in [4.69, 9.17) is 9.40 Å². The molecule has 1 aliphatic rings. The average Bonchev–Trinajstić information content (AvgIpc) is 3.19. The summed E-state index contributed by atoms with van der Waals surface area (Å²) in [4.78, 5) is 22.5. The Balaban J connectivity index is 1.64. The highest BCUT2D eigenvalue weighted by atomic mass is 16.4. The zero-order chi connectivity index (χ0) is 18.8. The van der Waals surface area contributed by atoms with Crippen molar-refractivity contribution >= 4 is 11.5 Å². The molecule has 0 unspecified atom stereocenters. The zero-order valence-electron chi connectivity index (χ0n) is 15.2. The second-order valence-corrected chi connectivity index (χ2v) is 6.41. The maximum atomic E-state index is 11.5. The van der Waals surface area contributed by atoms with Crippen LogP contribution in [0.15, 0.2) is 47.0 Å². The molecule has 0 atom stereocenters. The van der Waals surface area contributed by atoms with Gasteiger partial charge in [0, 0.05) is 25.6 Å². The highest BCUT2D eigenvalue weighted by Crippen LogP contribution is 2.27. The molecular weight excluding hydrogens is 342 g/mol. The Bertz CT molecular complexity index is 1010.